The zero-order valence-corrected chi connectivity index (χ0v) is 25.8. The smallest absolute Gasteiger partial charge is 0.245 e. The van der Waals surface area contributed by atoms with Crippen LogP contribution < -0.4 is 0 Å². The maximum Gasteiger partial charge on any atom is 0.245 e. The van der Waals surface area contributed by atoms with Gasteiger partial charge in [0.25, 0.3) is 0 Å². The third kappa shape index (κ3) is 9.66. The molecule has 1 aromatic carbocycles. The summed E-state index contributed by atoms with van der Waals surface area (Å²) >= 11 is 0. The van der Waals surface area contributed by atoms with Gasteiger partial charge >= 0.3 is 0 Å². The van der Waals surface area contributed by atoms with Gasteiger partial charge in [0.2, 0.25) is 28.2 Å². The van der Waals surface area contributed by atoms with E-state index in [4.69, 9.17) is 8.85 Å². The summed E-state index contributed by atoms with van der Waals surface area (Å²) in [5.41, 5.74) is 0.870. The Morgan fingerprint density at radius 2 is 0.889 bits per heavy atom. The van der Waals surface area contributed by atoms with E-state index in [0.29, 0.717) is 11.1 Å². The van der Waals surface area contributed by atoms with Gasteiger partial charge in [-0.3, -0.25) is 9.59 Å². The lowest BCUT2D eigenvalue weighted by Gasteiger charge is -2.32. The van der Waals surface area contributed by atoms with Crippen molar-refractivity contribution in [1.29, 1.82) is 0 Å². The van der Waals surface area contributed by atoms with Crippen molar-refractivity contribution in [1.82, 2.24) is 0 Å². The van der Waals surface area contributed by atoms with E-state index in [-0.39, 0.29) is 23.1 Å². The van der Waals surface area contributed by atoms with Gasteiger partial charge in [0.05, 0.1) is 0 Å². The van der Waals surface area contributed by atoms with E-state index >= 15 is 0 Å². The minimum absolute atomic E-state index is 0.171. The predicted octanol–water partition coefficient (Wildman–Crippen LogP) is 9.44. The summed E-state index contributed by atoms with van der Waals surface area (Å²) in [6.45, 7) is 13.1. The number of unbranched alkanes of at least 4 members (excludes halogenated alkanes) is 10. The van der Waals surface area contributed by atoms with Crippen molar-refractivity contribution in [3.63, 3.8) is 0 Å². The van der Waals surface area contributed by atoms with Crippen LogP contribution in [0.15, 0.2) is 35.8 Å². The van der Waals surface area contributed by atoms with Gasteiger partial charge < -0.3 is 8.85 Å². The van der Waals surface area contributed by atoms with Crippen LogP contribution in [0.3, 0.4) is 0 Å². The first-order valence-corrected chi connectivity index (χ1v) is 20.7. The number of allylic oxidation sites excluding steroid dienone is 2. The lowest BCUT2D eigenvalue weighted by atomic mass is 9.92. The lowest BCUT2D eigenvalue weighted by Crippen LogP contribution is -2.38. The van der Waals surface area contributed by atoms with Crippen molar-refractivity contribution >= 4 is 28.2 Å². The van der Waals surface area contributed by atoms with Crippen LogP contribution in [0.25, 0.3) is 0 Å². The van der Waals surface area contributed by atoms with Gasteiger partial charge in [0, 0.05) is 11.1 Å². The second-order valence-corrected chi connectivity index (χ2v) is 20.1. The average molecular weight is 531 g/mol. The molecule has 36 heavy (non-hydrogen) atoms. The molecule has 6 heteroatoms. The highest BCUT2D eigenvalue weighted by molar-refractivity contribution is 6.72. The van der Waals surface area contributed by atoms with Crippen molar-refractivity contribution in [2.75, 3.05) is 0 Å². The highest BCUT2D eigenvalue weighted by Crippen LogP contribution is 2.34. The number of hydrogen-bond donors (Lipinski definition) is 0. The zero-order chi connectivity index (χ0) is 26.6. The van der Waals surface area contributed by atoms with E-state index in [2.05, 4.69) is 40.0 Å². The molecule has 2 rings (SSSR count). The highest BCUT2D eigenvalue weighted by Gasteiger charge is 2.40. The van der Waals surface area contributed by atoms with Crippen LogP contribution in [0.2, 0.25) is 38.3 Å². The third-order valence-electron chi connectivity index (χ3n) is 7.06. The SMILES string of the molecule is CCCCCCCC[Si](C)(C)OC1=C(O[Si](C)(C)CCCCCCCC)C(=O)c2ccccc2C1=O. The molecule has 4 nitrogen and oxygen atoms in total. The Bertz CT molecular complexity index is 818. The largest absolute Gasteiger partial charge is 0.539 e. The van der Waals surface area contributed by atoms with Gasteiger partial charge in [-0.05, 0) is 38.3 Å². The third-order valence-corrected chi connectivity index (χ3v) is 11.7. The number of ketones is 2. The molecule has 0 aliphatic heterocycles. The number of hydrogen-bond acceptors (Lipinski definition) is 4. The number of carbonyl (C=O) groups is 2. The van der Waals surface area contributed by atoms with Crippen molar-refractivity contribution in [2.24, 2.45) is 0 Å². The average Bonchev–Trinajstić information content (AvgIpc) is 2.84. The molecular weight excluding hydrogens is 480 g/mol. The first-order chi connectivity index (χ1) is 17.1. The van der Waals surface area contributed by atoms with Crippen LogP contribution in [-0.4, -0.2) is 28.2 Å². The molecule has 0 fully saturated rings. The molecule has 0 saturated carbocycles. The second-order valence-electron chi connectivity index (χ2n) is 11.6. The molecule has 1 aromatic rings. The van der Waals surface area contributed by atoms with E-state index in [1.165, 1.54) is 64.2 Å². The number of rotatable bonds is 18. The maximum absolute atomic E-state index is 13.6. The highest BCUT2D eigenvalue weighted by atomic mass is 28.4. The Kier molecular flexibility index (Phi) is 12.7. The quantitative estimate of drug-likeness (QED) is 0.140. The molecule has 0 aromatic heterocycles. The molecule has 0 unspecified atom stereocenters. The summed E-state index contributed by atoms with van der Waals surface area (Å²) in [6, 6.07) is 9.02. The fourth-order valence-corrected chi connectivity index (χ4v) is 8.72. The predicted molar refractivity (Wildman–Crippen MR) is 156 cm³/mol. The van der Waals surface area contributed by atoms with Crippen LogP contribution in [-0.2, 0) is 8.85 Å². The van der Waals surface area contributed by atoms with Crippen molar-refractivity contribution in [2.45, 2.75) is 129 Å². The Morgan fingerprint density at radius 1 is 0.556 bits per heavy atom. The van der Waals surface area contributed by atoms with Gasteiger partial charge in [-0.1, -0.05) is 115 Å². The Morgan fingerprint density at radius 3 is 1.25 bits per heavy atom. The molecule has 0 bridgehead atoms. The van der Waals surface area contributed by atoms with Crippen LogP contribution in [0.4, 0.5) is 0 Å². The van der Waals surface area contributed by atoms with E-state index in [1.807, 2.05) is 12.1 Å². The molecule has 0 N–H and O–H groups in total. The Labute approximate surface area is 222 Å². The fourth-order valence-electron chi connectivity index (χ4n) is 4.83. The maximum atomic E-state index is 13.6. The van der Waals surface area contributed by atoms with Gasteiger partial charge in [0.1, 0.15) is 0 Å². The van der Waals surface area contributed by atoms with Gasteiger partial charge in [-0.15, -0.1) is 0 Å². The molecule has 0 spiro atoms. The molecule has 0 saturated heterocycles. The zero-order valence-electron chi connectivity index (χ0n) is 23.8. The molecule has 202 valence electrons. The second kappa shape index (κ2) is 14.9. The number of benzene rings is 1. The van der Waals surface area contributed by atoms with E-state index in [0.717, 1.165) is 24.9 Å². The van der Waals surface area contributed by atoms with E-state index < -0.39 is 16.6 Å². The first kappa shape index (κ1) is 30.6. The monoisotopic (exact) mass is 530 g/mol. The summed E-state index contributed by atoms with van der Waals surface area (Å²) in [5, 5.41) is 0. The first-order valence-electron chi connectivity index (χ1n) is 14.4. The molecule has 1 aliphatic carbocycles. The minimum Gasteiger partial charge on any atom is -0.539 e. The molecule has 1 aliphatic rings. The van der Waals surface area contributed by atoms with Crippen molar-refractivity contribution in [3.05, 3.63) is 46.9 Å². The number of fused-ring (bicyclic) bond motifs is 1. The molecule has 0 heterocycles. The van der Waals surface area contributed by atoms with Gasteiger partial charge in [0.15, 0.2) is 11.5 Å². The van der Waals surface area contributed by atoms with Crippen LogP contribution in [0.5, 0.6) is 0 Å². The minimum atomic E-state index is -2.21. The summed E-state index contributed by atoms with van der Waals surface area (Å²) in [4.78, 5) is 27.1. The topological polar surface area (TPSA) is 52.6 Å². The molecule has 0 atom stereocenters. The standard InChI is InChI=1S/C30H50O4Si2/c1-7-9-11-13-15-19-23-35(3,4)33-29-27(31)25-21-17-18-22-26(25)28(32)30(29)34-36(5,6)24-20-16-14-12-10-8-2/h17-18,21-22H,7-16,19-20,23-24H2,1-6H3. The Balaban J connectivity index is 2.16. The summed E-state index contributed by atoms with van der Waals surface area (Å²) in [6.07, 6.45) is 14.7. The molecule has 0 radical (unpaired) electrons. The lowest BCUT2D eigenvalue weighted by molar-refractivity contribution is 0.0891. The summed E-state index contributed by atoms with van der Waals surface area (Å²) in [7, 11) is -4.42. The molecule has 0 amide bonds. The van der Waals surface area contributed by atoms with Crippen molar-refractivity contribution < 1.29 is 18.4 Å². The van der Waals surface area contributed by atoms with E-state index in [9.17, 15) is 9.59 Å². The van der Waals surface area contributed by atoms with Gasteiger partial charge in [-0.2, -0.15) is 0 Å². The van der Waals surface area contributed by atoms with Crippen LogP contribution in [0.1, 0.15) is 112 Å². The Hall–Kier alpha value is -1.67. The summed E-state index contributed by atoms with van der Waals surface area (Å²) < 4.78 is 13.0. The van der Waals surface area contributed by atoms with Crippen LogP contribution in [0, 0.1) is 0 Å². The van der Waals surface area contributed by atoms with E-state index in [1.54, 1.807) is 12.1 Å². The molecular formula is C30H50O4Si2. The number of Topliss-reactive ketones (excluding diaryl/α,β-unsaturated/α-hetero) is 2. The normalized spacial score (nSPS) is 14.3. The fraction of sp³-hybridized carbons (Fsp3) is 0.667. The van der Waals surface area contributed by atoms with Crippen molar-refractivity contribution in [3.8, 4) is 0 Å². The number of carbonyl (C=O) groups excluding carboxylic acids is 2. The van der Waals surface area contributed by atoms with Gasteiger partial charge in [-0.25, -0.2) is 0 Å². The van der Waals surface area contributed by atoms with Crippen LogP contribution >= 0.6 is 0 Å². The summed E-state index contributed by atoms with van der Waals surface area (Å²) in [5.74, 6) is -0.0593.